The molecule has 0 saturated carbocycles. The normalized spacial score (nSPS) is 11.7. The zero-order valence-corrected chi connectivity index (χ0v) is 20.5. The maximum absolute atomic E-state index is 13.6. The monoisotopic (exact) mass is 503 g/mol. The lowest BCUT2D eigenvalue weighted by Crippen LogP contribution is -2.39. The first-order chi connectivity index (χ1) is 17.9. The van der Waals surface area contributed by atoms with Crippen LogP contribution in [0, 0.1) is 11.6 Å². The van der Waals surface area contributed by atoms with Gasteiger partial charge in [-0.2, -0.15) is 0 Å². The third-order valence-corrected chi connectivity index (χ3v) is 5.93. The highest BCUT2D eigenvalue weighted by Gasteiger charge is 2.18. The number of amides is 1. The minimum Gasteiger partial charge on any atom is -0.457 e. The predicted molar refractivity (Wildman–Crippen MR) is 140 cm³/mol. The van der Waals surface area contributed by atoms with E-state index in [9.17, 15) is 18.4 Å². The smallest absolute Gasteiger partial charge is 0.275 e. The number of pyridine rings is 1. The third-order valence-electron chi connectivity index (χ3n) is 5.93. The van der Waals surface area contributed by atoms with Crippen LogP contribution in [0.15, 0.2) is 89.7 Å². The van der Waals surface area contributed by atoms with Crippen molar-refractivity contribution in [3.8, 4) is 22.8 Å². The molecule has 0 saturated heterocycles. The van der Waals surface area contributed by atoms with Crippen molar-refractivity contribution in [1.29, 1.82) is 0 Å². The molecule has 0 aliphatic heterocycles. The second-order valence-electron chi connectivity index (χ2n) is 8.47. The molecule has 2 N–H and O–H groups in total. The molecule has 1 amide bonds. The minimum absolute atomic E-state index is 0.142. The summed E-state index contributed by atoms with van der Waals surface area (Å²) < 4.78 is 34.2. The van der Waals surface area contributed by atoms with Gasteiger partial charge in [-0.15, -0.1) is 0 Å². The summed E-state index contributed by atoms with van der Waals surface area (Å²) in [5.41, 5.74) is 1.72. The van der Waals surface area contributed by atoms with Crippen molar-refractivity contribution in [2.75, 3.05) is 12.4 Å². The first kappa shape index (κ1) is 25.8. The zero-order valence-electron chi connectivity index (χ0n) is 20.5. The Kier molecular flexibility index (Phi) is 8.10. The molecule has 0 aliphatic rings. The molecule has 1 heterocycles. The number of nitrogens with one attached hydrogen (secondary N) is 2. The quantitative estimate of drug-likeness (QED) is 0.313. The van der Waals surface area contributed by atoms with E-state index in [2.05, 4.69) is 10.6 Å². The van der Waals surface area contributed by atoms with Crippen LogP contribution < -0.4 is 20.9 Å². The van der Waals surface area contributed by atoms with Gasteiger partial charge in [0.25, 0.3) is 5.56 Å². The lowest BCUT2D eigenvalue weighted by atomic mass is 10.1. The molecule has 4 aromatic rings. The van der Waals surface area contributed by atoms with Crippen LogP contribution >= 0.6 is 0 Å². The molecule has 3 aromatic carbocycles. The highest BCUT2D eigenvalue weighted by atomic mass is 19.1. The Bertz CT molecular complexity index is 1430. The number of aromatic nitrogens is 1. The zero-order chi connectivity index (χ0) is 26.4. The number of anilines is 1. The average Bonchev–Trinajstić information content (AvgIpc) is 2.89. The summed E-state index contributed by atoms with van der Waals surface area (Å²) in [4.78, 5) is 26.2. The standard InChI is InChI=1S/C29H27F2N3O3/c1-3-25(32-2)28(35)33-26-15-16-27(20-7-9-21(30)10-8-20)34(29(26)36)18-19-5-4-6-24(17-19)37-23-13-11-22(31)12-14-23/h4-17,25,32H,3,18H2,1-2H3,(H,33,35)/t25-/m0/s1. The molecule has 1 atom stereocenters. The largest absolute Gasteiger partial charge is 0.457 e. The summed E-state index contributed by atoms with van der Waals surface area (Å²) in [6.07, 6.45) is 0.561. The number of carbonyl (C=O) groups excluding carboxylic acids is 1. The fourth-order valence-corrected chi connectivity index (χ4v) is 3.97. The Hall–Kier alpha value is -4.30. The molecule has 0 aliphatic carbocycles. The Labute approximate surface area is 213 Å². The summed E-state index contributed by atoms with van der Waals surface area (Å²) in [5.74, 6) is -0.0596. The molecule has 1 aromatic heterocycles. The Balaban J connectivity index is 1.70. The number of rotatable bonds is 9. The number of carbonyl (C=O) groups is 1. The van der Waals surface area contributed by atoms with E-state index < -0.39 is 11.6 Å². The molecule has 37 heavy (non-hydrogen) atoms. The topological polar surface area (TPSA) is 72.4 Å². The van der Waals surface area contributed by atoms with E-state index in [1.165, 1.54) is 41.0 Å². The molecule has 6 nitrogen and oxygen atoms in total. The highest BCUT2D eigenvalue weighted by molar-refractivity contribution is 5.94. The van der Waals surface area contributed by atoms with Crippen molar-refractivity contribution in [2.24, 2.45) is 0 Å². The molecular weight excluding hydrogens is 476 g/mol. The SMILES string of the molecule is CC[C@H](NC)C(=O)Nc1ccc(-c2ccc(F)cc2)n(Cc2cccc(Oc3ccc(F)cc3)c2)c1=O. The van der Waals surface area contributed by atoms with Crippen LogP contribution in [0.2, 0.25) is 0 Å². The summed E-state index contributed by atoms with van der Waals surface area (Å²) in [6, 6.07) is 21.6. The number of hydrogen-bond donors (Lipinski definition) is 2. The Morgan fingerprint density at radius 1 is 0.919 bits per heavy atom. The molecule has 190 valence electrons. The third kappa shape index (κ3) is 6.29. The number of halogens is 2. The number of benzene rings is 3. The van der Waals surface area contributed by atoms with E-state index in [0.717, 1.165) is 5.56 Å². The first-order valence-corrected chi connectivity index (χ1v) is 11.9. The second kappa shape index (κ2) is 11.6. The summed E-state index contributed by atoms with van der Waals surface area (Å²) in [6.45, 7) is 2.04. The molecule has 0 fully saturated rings. The van der Waals surface area contributed by atoms with Gasteiger partial charge in [0, 0.05) is 0 Å². The number of likely N-dealkylation sites (N-methyl/N-ethyl adjacent to an activating group) is 1. The van der Waals surface area contributed by atoms with Crippen LogP contribution in [0.5, 0.6) is 11.5 Å². The summed E-state index contributed by atoms with van der Waals surface area (Å²) in [7, 11) is 1.69. The summed E-state index contributed by atoms with van der Waals surface area (Å²) >= 11 is 0. The van der Waals surface area contributed by atoms with Gasteiger partial charge in [0.1, 0.15) is 28.8 Å². The van der Waals surface area contributed by atoms with Crippen LogP contribution in [-0.4, -0.2) is 23.6 Å². The van der Waals surface area contributed by atoms with E-state index in [0.29, 0.717) is 29.2 Å². The van der Waals surface area contributed by atoms with Gasteiger partial charge in [-0.25, -0.2) is 8.78 Å². The predicted octanol–water partition coefficient (Wildman–Crippen LogP) is 5.57. The lowest BCUT2D eigenvalue weighted by Gasteiger charge is -2.18. The van der Waals surface area contributed by atoms with Gasteiger partial charge in [-0.05, 0) is 97.4 Å². The van der Waals surface area contributed by atoms with Crippen LogP contribution in [0.4, 0.5) is 14.5 Å². The van der Waals surface area contributed by atoms with Crippen molar-refractivity contribution < 1.29 is 18.3 Å². The fraction of sp³-hybridized carbons (Fsp3) is 0.172. The van der Waals surface area contributed by atoms with Gasteiger partial charge < -0.3 is 19.9 Å². The van der Waals surface area contributed by atoms with Gasteiger partial charge in [0.05, 0.1) is 18.3 Å². The van der Waals surface area contributed by atoms with Crippen LogP contribution in [0.1, 0.15) is 18.9 Å². The first-order valence-electron chi connectivity index (χ1n) is 11.9. The minimum atomic E-state index is -0.440. The van der Waals surface area contributed by atoms with Crippen LogP contribution in [-0.2, 0) is 11.3 Å². The van der Waals surface area contributed by atoms with Gasteiger partial charge in [0.15, 0.2) is 0 Å². The van der Waals surface area contributed by atoms with E-state index in [1.807, 2.05) is 13.0 Å². The number of ether oxygens (including phenoxy) is 1. The summed E-state index contributed by atoms with van der Waals surface area (Å²) in [5, 5.41) is 5.65. The maximum atomic E-state index is 13.6. The average molecular weight is 504 g/mol. The van der Waals surface area contributed by atoms with Crippen molar-refractivity contribution >= 4 is 11.6 Å². The van der Waals surface area contributed by atoms with Crippen LogP contribution in [0.3, 0.4) is 0 Å². The van der Waals surface area contributed by atoms with E-state index >= 15 is 0 Å². The van der Waals surface area contributed by atoms with E-state index in [1.54, 1.807) is 49.5 Å². The van der Waals surface area contributed by atoms with Gasteiger partial charge >= 0.3 is 0 Å². The van der Waals surface area contributed by atoms with Gasteiger partial charge in [-0.1, -0.05) is 19.1 Å². The van der Waals surface area contributed by atoms with Gasteiger partial charge in [-0.3, -0.25) is 9.59 Å². The lowest BCUT2D eigenvalue weighted by molar-refractivity contribution is -0.118. The van der Waals surface area contributed by atoms with Crippen molar-refractivity contribution in [3.05, 3.63) is 112 Å². The Morgan fingerprint density at radius 2 is 1.59 bits per heavy atom. The molecule has 4 rings (SSSR count). The molecule has 0 bridgehead atoms. The molecule has 0 spiro atoms. The molecule has 0 unspecified atom stereocenters. The van der Waals surface area contributed by atoms with Crippen LogP contribution in [0.25, 0.3) is 11.3 Å². The van der Waals surface area contributed by atoms with Crippen molar-refractivity contribution in [1.82, 2.24) is 9.88 Å². The Morgan fingerprint density at radius 3 is 2.24 bits per heavy atom. The fourth-order valence-electron chi connectivity index (χ4n) is 3.97. The molecule has 8 heteroatoms. The molecule has 0 radical (unpaired) electrons. The number of nitrogens with zero attached hydrogens (tertiary/aromatic N) is 1. The highest BCUT2D eigenvalue weighted by Crippen LogP contribution is 2.25. The number of hydrogen-bond acceptors (Lipinski definition) is 4. The van der Waals surface area contributed by atoms with E-state index in [4.69, 9.17) is 4.74 Å². The van der Waals surface area contributed by atoms with Crippen molar-refractivity contribution in [2.45, 2.75) is 25.9 Å². The van der Waals surface area contributed by atoms with Crippen molar-refractivity contribution in [3.63, 3.8) is 0 Å². The second-order valence-corrected chi connectivity index (χ2v) is 8.47. The van der Waals surface area contributed by atoms with E-state index in [-0.39, 0.29) is 29.8 Å². The maximum Gasteiger partial charge on any atom is 0.275 e. The van der Waals surface area contributed by atoms with Gasteiger partial charge in [0.2, 0.25) is 5.91 Å². The molecular formula is C29H27F2N3O3.